The highest BCUT2D eigenvalue weighted by Crippen LogP contribution is 2.31. The van der Waals surface area contributed by atoms with Gasteiger partial charge in [0.25, 0.3) is 0 Å². The van der Waals surface area contributed by atoms with Crippen molar-refractivity contribution in [3.8, 4) is 6.07 Å². The number of nitriles is 1. The Balaban J connectivity index is 1.53. The van der Waals surface area contributed by atoms with E-state index in [1.807, 2.05) is 52.4 Å². The quantitative estimate of drug-likeness (QED) is 0.652. The fraction of sp³-hybridized carbons (Fsp3) is 0.346. The number of rotatable bonds is 4. The van der Waals surface area contributed by atoms with E-state index in [0.29, 0.717) is 51.5 Å². The number of nitrogens with zero attached hydrogens (tertiary/aromatic N) is 5. The number of nitrogens with one attached hydrogen (secondary N) is 1. The van der Waals surface area contributed by atoms with Crippen LogP contribution in [-0.2, 0) is 24.2 Å². The smallest absolute Gasteiger partial charge is 0.320 e. The van der Waals surface area contributed by atoms with Crippen molar-refractivity contribution in [3.63, 3.8) is 0 Å². The van der Waals surface area contributed by atoms with Gasteiger partial charge in [0, 0.05) is 38.1 Å². The maximum absolute atomic E-state index is 13.8. The summed E-state index contributed by atoms with van der Waals surface area (Å²) in [7, 11) is 0. The Morgan fingerprint density at radius 1 is 1.18 bits per heavy atom. The normalized spacial score (nSPS) is 18.2. The van der Waals surface area contributed by atoms with Gasteiger partial charge in [-0.2, -0.15) is 5.26 Å². The maximum atomic E-state index is 13.8. The first-order chi connectivity index (χ1) is 16.7. The molecular formula is C26H28N6O2. The fourth-order valence-electron chi connectivity index (χ4n) is 4.80. The van der Waals surface area contributed by atoms with Crippen molar-refractivity contribution in [1.29, 1.82) is 5.26 Å². The standard InChI is InChI=1S/C26H28N6O2/c27-14-21-6-7-25-22(12-21)16-32(26(33)30-8-10-34-11-9-30)24(13-20-4-2-1-3-5-20)18-31(25)17-23-15-28-19-29-23/h1-7,12,15,19,24H,8-11,13,16-18H2,(H,28,29)/t24-/m1/s1. The molecule has 2 aliphatic rings. The van der Waals surface area contributed by atoms with Crippen LogP contribution in [0.5, 0.6) is 0 Å². The van der Waals surface area contributed by atoms with Gasteiger partial charge in [-0.15, -0.1) is 0 Å². The molecule has 2 amide bonds. The van der Waals surface area contributed by atoms with E-state index in [4.69, 9.17) is 4.74 Å². The van der Waals surface area contributed by atoms with Crippen LogP contribution in [0.25, 0.3) is 0 Å². The largest absolute Gasteiger partial charge is 0.378 e. The molecule has 3 aromatic rings. The van der Waals surface area contributed by atoms with E-state index < -0.39 is 0 Å². The SMILES string of the molecule is N#Cc1ccc2c(c1)CN(C(=O)N1CCOCC1)[C@H](Cc1ccccc1)CN2Cc1c[nH]cn1. The van der Waals surface area contributed by atoms with Crippen molar-refractivity contribution in [2.45, 2.75) is 25.6 Å². The van der Waals surface area contributed by atoms with Gasteiger partial charge in [-0.25, -0.2) is 9.78 Å². The molecule has 8 nitrogen and oxygen atoms in total. The zero-order valence-electron chi connectivity index (χ0n) is 19.1. The summed E-state index contributed by atoms with van der Waals surface area (Å²) in [4.78, 5) is 27.4. The highest BCUT2D eigenvalue weighted by molar-refractivity contribution is 5.76. The number of fused-ring (bicyclic) bond motifs is 1. The minimum absolute atomic E-state index is 0.0270. The molecule has 0 saturated carbocycles. The van der Waals surface area contributed by atoms with Gasteiger partial charge in [-0.3, -0.25) is 0 Å². The lowest BCUT2D eigenvalue weighted by molar-refractivity contribution is 0.0386. The molecule has 5 rings (SSSR count). The number of aromatic amines is 1. The monoisotopic (exact) mass is 456 g/mol. The molecule has 0 aliphatic carbocycles. The highest BCUT2D eigenvalue weighted by atomic mass is 16.5. The summed E-state index contributed by atoms with van der Waals surface area (Å²) in [6, 6.07) is 18.3. The number of ether oxygens (including phenoxy) is 1. The highest BCUT2D eigenvalue weighted by Gasteiger charge is 2.34. The van der Waals surface area contributed by atoms with Crippen molar-refractivity contribution in [1.82, 2.24) is 19.8 Å². The topological polar surface area (TPSA) is 88.5 Å². The molecule has 8 heteroatoms. The molecule has 0 bridgehead atoms. The van der Waals surface area contributed by atoms with E-state index in [9.17, 15) is 10.1 Å². The third kappa shape index (κ3) is 4.75. The van der Waals surface area contributed by atoms with Crippen LogP contribution in [0, 0.1) is 11.3 Å². The Labute approximate surface area is 199 Å². The number of anilines is 1. The van der Waals surface area contributed by atoms with Crippen LogP contribution in [0.1, 0.15) is 22.4 Å². The third-order valence-corrected chi connectivity index (χ3v) is 6.51. The number of carbonyl (C=O) groups excluding carboxylic acids is 1. The summed E-state index contributed by atoms with van der Waals surface area (Å²) in [5.74, 6) is 0. The van der Waals surface area contributed by atoms with Gasteiger partial charge in [0.2, 0.25) is 0 Å². The molecule has 0 unspecified atom stereocenters. The summed E-state index contributed by atoms with van der Waals surface area (Å²) >= 11 is 0. The van der Waals surface area contributed by atoms with Gasteiger partial charge >= 0.3 is 6.03 Å². The summed E-state index contributed by atoms with van der Waals surface area (Å²) in [6.07, 6.45) is 4.33. The first-order valence-electron chi connectivity index (χ1n) is 11.6. The van der Waals surface area contributed by atoms with E-state index in [1.165, 1.54) is 5.56 Å². The Morgan fingerprint density at radius 2 is 2.00 bits per heavy atom. The molecule has 1 fully saturated rings. The third-order valence-electron chi connectivity index (χ3n) is 6.51. The van der Waals surface area contributed by atoms with Gasteiger partial charge in [0.1, 0.15) is 0 Å². The molecule has 3 heterocycles. The number of urea groups is 1. The van der Waals surface area contributed by atoms with E-state index in [2.05, 4.69) is 33.1 Å². The Morgan fingerprint density at radius 3 is 2.74 bits per heavy atom. The van der Waals surface area contributed by atoms with E-state index in [0.717, 1.165) is 23.4 Å². The predicted molar refractivity (Wildman–Crippen MR) is 128 cm³/mol. The minimum Gasteiger partial charge on any atom is -0.378 e. The number of H-pyrrole nitrogens is 1. The number of benzene rings is 2. The van der Waals surface area contributed by atoms with Crippen LogP contribution in [0.4, 0.5) is 10.5 Å². The number of morpholine rings is 1. The maximum Gasteiger partial charge on any atom is 0.320 e. The number of carbonyl (C=O) groups is 1. The number of amides is 2. The minimum atomic E-state index is -0.0466. The first kappa shape index (κ1) is 22.0. The average molecular weight is 457 g/mol. The van der Waals surface area contributed by atoms with Crippen molar-refractivity contribution in [2.75, 3.05) is 37.7 Å². The first-order valence-corrected chi connectivity index (χ1v) is 11.6. The second-order valence-electron chi connectivity index (χ2n) is 8.75. The van der Waals surface area contributed by atoms with E-state index in [-0.39, 0.29) is 12.1 Å². The predicted octanol–water partition coefficient (Wildman–Crippen LogP) is 3.17. The average Bonchev–Trinajstić information content (AvgIpc) is 3.35. The molecule has 0 spiro atoms. The summed E-state index contributed by atoms with van der Waals surface area (Å²) in [5.41, 5.74) is 4.74. The van der Waals surface area contributed by atoms with Gasteiger partial charge in [0.05, 0.1) is 49.5 Å². The number of aromatic nitrogens is 2. The van der Waals surface area contributed by atoms with Crippen molar-refractivity contribution >= 4 is 11.7 Å². The molecule has 34 heavy (non-hydrogen) atoms. The number of hydrogen-bond donors (Lipinski definition) is 1. The molecule has 2 aromatic carbocycles. The van der Waals surface area contributed by atoms with Gasteiger partial charge in [-0.1, -0.05) is 30.3 Å². The summed E-state index contributed by atoms with van der Waals surface area (Å²) < 4.78 is 5.48. The van der Waals surface area contributed by atoms with Crippen LogP contribution >= 0.6 is 0 Å². The van der Waals surface area contributed by atoms with E-state index >= 15 is 0 Å². The molecule has 1 N–H and O–H groups in total. The molecular weight excluding hydrogens is 428 g/mol. The van der Waals surface area contributed by atoms with Gasteiger partial charge < -0.3 is 24.4 Å². The number of hydrogen-bond acceptors (Lipinski definition) is 5. The number of imidazole rings is 1. The van der Waals surface area contributed by atoms with Crippen molar-refractivity contribution in [3.05, 3.63) is 83.4 Å². The molecule has 1 aromatic heterocycles. The zero-order valence-corrected chi connectivity index (χ0v) is 19.1. The second-order valence-corrected chi connectivity index (χ2v) is 8.75. The molecule has 1 atom stereocenters. The second kappa shape index (κ2) is 9.98. The van der Waals surface area contributed by atoms with Crippen molar-refractivity contribution < 1.29 is 9.53 Å². The van der Waals surface area contributed by atoms with Gasteiger partial charge in [-0.05, 0) is 35.7 Å². The van der Waals surface area contributed by atoms with Gasteiger partial charge in [0.15, 0.2) is 0 Å². The fourth-order valence-corrected chi connectivity index (χ4v) is 4.80. The van der Waals surface area contributed by atoms with Crippen molar-refractivity contribution in [2.24, 2.45) is 0 Å². The Hall–Kier alpha value is -3.83. The lowest BCUT2D eigenvalue weighted by atomic mass is 10.0. The van der Waals surface area contributed by atoms with Crippen LogP contribution in [-0.4, -0.2) is 64.7 Å². The van der Waals surface area contributed by atoms with Crippen LogP contribution in [0.2, 0.25) is 0 Å². The molecule has 0 radical (unpaired) electrons. The summed E-state index contributed by atoms with van der Waals surface area (Å²) in [5, 5.41) is 9.53. The molecule has 2 aliphatic heterocycles. The van der Waals surface area contributed by atoms with Crippen LogP contribution in [0.15, 0.2) is 61.1 Å². The lowest BCUT2D eigenvalue weighted by Crippen LogP contribution is -2.53. The van der Waals surface area contributed by atoms with Crippen LogP contribution in [0.3, 0.4) is 0 Å². The summed E-state index contributed by atoms with van der Waals surface area (Å²) in [6.45, 7) is 4.04. The zero-order chi connectivity index (χ0) is 23.3. The van der Waals surface area contributed by atoms with Crippen LogP contribution < -0.4 is 4.90 Å². The molecule has 174 valence electrons. The lowest BCUT2D eigenvalue weighted by Gasteiger charge is -2.37. The Kier molecular flexibility index (Phi) is 6.45. The van der Waals surface area contributed by atoms with E-state index in [1.54, 1.807) is 6.33 Å². The Bertz CT molecular complexity index is 1150. The molecule has 1 saturated heterocycles.